The number of aliphatic carboxylic acids is 1. The summed E-state index contributed by atoms with van der Waals surface area (Å²) in [4.78, 5) is 49.0. The lowest BCUT2D eigenvalue weighted by atomic mass is 9.85. The lowest BCUT2D eigenvalue weighted by Gasteiger charge is -2.35. The molecule has 1 aromatic heterocycles. The van der Waals surface area contributed by atoms with E-state index in [2.05, 4.69) is 15.3 Å². The van der Waals surface area contributed by atoms with Crippen molar-refractivity contribution in [2.45, 2.75) is 89.2 Å². The van der Waals surface area contributed by atoms with E-state index in [1.54, 1.807) is 45.0 Å². The molecule has 0 radical (unpaired) electrons. The SMILES string of the molecule is CC(C)(C)[C@@H]1NC(=O)O[C@@H]2CCC[C@H]2OCC=CC(F)(F)c2nc3ccccc3nc2O[C@]2(C)C[C@@H](C(=O)O)N(C2)C1=O. The van der Waals surface area contributed by atoms with Gasteiger partial charge in [0.05, 0.1) is 30.3 Å². The maximum atomic E-state index is 15.7. The van der Waals surface area contributed by atoms with Gasteiger partial charge >= 0.3 is 18.0 Å². The summed E-state index contributed by atoms with van der Waals surface area (Å²) in [6, 6.07) is 3.97. The van der Waals surface area contributed by atoms with Crippen molar-refractivity contribution in [3.63, 3.8) is 0 Å². The minimum atomic E-state index is -3.64. The van der Waals surface area contributed by atoms with Crippen LogP contribution < -0.4 is 10.1 Å². The highest BCUT2D eigenvalue weighted by Gasteiger charge is 2.52. The van der Waals surface area contributed by atoms with Crippen molar-refractivity contribution in [3.05, 3.63) is 42.1 Å². The molecule has 3 aliphatic rings. The first-order valence-electron chi connectivity index (χ1n) is 14.3. The average Bonchev–Trinajstić information content (AvgIpc) is 3.51. The van der Waals surface area contributed by atoms with Crippen LogP contribution in [0.2, 0.25) is 0 Å². The lowest BCUT2D eigenvalue weighted by molar-refractivity contribution is -0.150. The molecule has 5 rings (SSSR count). The van der Waals surface area contributed by atoms with Crippen LogP contribution in [-0.4, -0.2) is 81.0 Å². The van der Waals surface area contributed by atoms with E-state index in [0.29, 0.717) is 30.9 Å². The Balaban J connectivity index is 1.60. The monoisotopic (exact) mass is 602 g/mol. The summed E-state index contributed by atoms with van der Waals surface area (Å²) in [6.07, 6.45) is 1.35. The van der Waals surface area contributed by atoms with Gasteiger partial charge in [-0.2, -0.15) is 8.78 Å². The number of fused-ring (bicyclic) bond motifs is 5. The third kappa shape index (κ3) is 6.41. The minimum absolute atomic E-state index is 0.172. The summed E-state index contributed by atoms with van der Waals surface area (Å²) in [5.74, 6) is -6.07. The fourth-order valence-corrected chi connectivity index (χ4v) is 5.86. The van der Waals surface area contributed by atoms with Crippen LogP contribution in [0.3, 0.4) is 0 Å². The zero-order chi connectivity index (χ0) is 31.2. The molecule has 0 spiro atoms. The van der Waals surface area contributed by atoms with E-state index in [1.165, 1.54) is 13.0 Å². The first kappa shape index (κ1) is 30.6. The van der Waals surface area contributed by atoms with Crippen molar-refractivity contribution in [1.82, 2.24) is 20.2 Å². The molecule has 11 nitrogen and oxygen atoms in total. The van der Waals surface area contributed by atoms with Gasteiger partial charge in [0.25, 0.3) is 0 Å². The van der Waals surface area contributed by atoms with Crippen molar-refractivity contribution in [1.29, 1.82) is 0 Å². The number of carboxylic acid groups (broad SMARTS) is 1. The Kier molecular flexibility index (Phi) is 8.05. The number of alkyl carbamates (subject to hydrolysis) is 1. The standard InChI is InChI=1S/C30H36F2N4O7/c1-28(2,3)23-25(37)36-16-29(4,15-19(36)26(38)39)43-24-22(33-17-9-5-6-10-18(17)34-24)30(31,32)13-8-14-41-20-11-7-12-21(20)42-27(40)35-23/h5-6,8-10,13,19-21,23H,7,11-12,14-16H2,1-4H3,(H,35,40)(H,38,39)/t19-,20+,21+,23+,29+/m0/s1. The van der Waals surface area contributed by atoms with Crippen LogP contribution in [0.15, 0.2) is 36.4 Å². The maximum absolute atomic E-state index is 15.7. The molecule has 1 aromatic carbocycles. The molecule has 232 valence electrons. The van der Waals surface area contributed by atoms with Gasteiger partial charge in [0, 0.05) is 6.42 Å². The summed E-state index contributed by atoms with van der Waals surface area (Å²) in [6.45, 7) is 6.29. The Morgan fingerprint density at radius 3 is 2.47 bits per heavy atom. The Labute approximate surface area is 247 Å². The minimum Gasteiger partial charge on any atom is -0.480 e. The summed E-state index contributed by atoms with van der Waals surface area (Å²) in [5, 5.41) is 12.7. The molecule has 5 atom stereocenters. The topological polar surface area (TPSA) is 140 Å². The first-order valence-corrected chi connectivity index (χ1v) is 14.3. The fraction of sp³-hybridized carbons (Fsp3) is 0.567. The molecule has 43 heavy (non-hydrogen) atoms. The van der Waals surface area contributed by atoms with E-state index in [0.717, 1.165) is 4.90 Å². The smallest absolute Gasteiger partial charge is 0.408 e. The summed E-state index contributed by atoms with van der Waals surface area (Å²) in [7, 11) is 0. The Hall–Kier alpha value is -3.87. The summed E-state index contributed by atoms with van der Waals surface area (Å²) < 4.78 is 49.0. The molecule has 13 heteroatoms. The summed E-state index contributed by atoms with van der Waals surface area (Å²) in [5.41, 5.74) is -2.49. The van der Waals surface area contributed by atoms with E-state index in [-0.39, 0.29) is 25.1 Å². The largest absolute Gasteiger partial charge is 0.480 e. The number of amides is 2. The molecular formula is C30H36F2N4O7. The fourth-order valence-electron chi connectivity index (χ4n) is 5.86. The number of benzene rings is 1. The number of nitrogens with one attached hydrogen (secondary N) is 1. The van der Waals surface area contributed by atoms with Gasteiger partial charge in [-0.25, -0.2) is 19.6 Å². The number of rotatable bonds is 1. The van der Waals surface area contributed by atoms with E-state index in [9.17, 15) is 19.5 Å². The molecular weight excluding hydrogens is 566 g/mol. The quantitative estimate of drug-likeness (QED) is 0.460. The van der Waals surface area contributed by atoms with Crippen LogP contribution in [0.1, 0.15) is 59.1 Å². The molecule has 1 aliphatic carbocycles. The van der Waals surface area contributed by atoms with Crippen molar-refractivity contribution in [2.24, 2.45) is 5.41 Å². The number of para-hydroxylation sites is 2. The number of carbonyl (C=O) groups is 3. The van der Waals surface area contributed by atoms with Gasteiger partial charge in [-0.3, -0.25) is 4.79 Å². The van der Waals surface area contributed by atoms with Crippen molar-refractivity contribution in [2.75, 3.05) is 13.2 Å². The number of hydrogen-bond donors (Lipinski definition) is 2. The highest BCUT2D eigenvalue weighted by Crippen LogP contribution is 2.40. The number of carbonyl (C=O) groups excluding carboxylic acids is 2. The van der Waals surface area contributed by atoms with Gasteiger partial charge in [0.1, 0.15) is 23.8 Å². The number of ether oxygens (including phenoxy) is 3. The molecule has 1 saturated carbocycles. The molecule has 2 aromatic rings. The lowest BCUT2D eigenvalue weighted by Crippen LogP contribution is -2.57. The molecule has 1 saturated heterocycles. The highest BCUT2D eigenvalue weighted by molar-refractivity contribution is 5.90. The van der Waals surface area contributed by atoms with Gasteiger partial charge < -0.3 is 29.5 Å². The molecule has 2 bridgehead atoms. The molecule has 2 fully saturated rings. The predicted octanol–water partition coefficient (Wildman–Crippen LogP) is 4.19. The van der Waals surface area contributed by atoms with E-state index >= 15 is 8.78 Å². The van der Waals surface area contributed by atoms with Gasteiger partial charge in [-0.1, -0.05) is 39.0 Å². The Morgan fingerprint density at radius 2 is 1.79 bits per heavy atom. The van der Waals surface area contributed by atoms with Gasteiger partial charge in [-0.15, -0.1) is 0 Å². The highest BCUT2D eigenvalue weighted by atomic mass is 19.3. The van der Waals surface area contributed by atoms with Crippen LogP contribution in [0.5, 0.6) is 5.88 Å². The van der Waals surface area contributed by atoms with Crippen LogP contribution in [0, 0.1) is 5.41 Å². The van der Waals surface area contributed by atoms with E-state index in [1.807, 2.05) is 0 Å². The van der Waals surface area contributed by atoms with Crippen LogP contribution >= 0.6 is 0 Å². The average molecular weight is 603 g/mol. The second-order valence-electron chi connectivity index (χ2n) is 12.7. The second kappa shape index (κ2) is 11.3. The number of alkyl halides is 2. The number of aromatic nitrogens is 2. The number of allylic oxidation sites excluding steroid dienone is 1. The molecule has 0 unspecified atom stereocenters. The number of carboxylic acids is 1. The molecule has 3 heterocycles. The first-order chi connectivity index (χ1) is 20.2. The second-order valence-corrected chi connectivity index (χ2v) is 12.7. The van der Waals surface area contributed by atoms with E-state index < -0.39 is 70.8 Å². The van der Waals surface area contributed by atoms with Gasteiger partial charge in [0.2, 0.25) is 11.8 Å². The van der Waals surface area contributed by atoms with Crippen LogP contribution in [-0.2, 0) is 25.0 Å². The third-order valence-corrected chi connectivity index (χ3v) is 8.03. The molecule has 2 N–H and O–H groups in total. The van der Waals surface area contributed by atoms with Crippen molar-refractivity contribution < 1.29 is 42.5 Å². The van der Waals surface area contributed by atoms with Gasteiger partial charge in [-0.05, 0) is 49.8 Å². The number of halogens is 2. The van der Waals surface area contributed by atoms with Crippen LogP contribution in [0.25, 0.3) is 11.0 Å². The van der Waals surface area contributed by atoms with Crippen molar-refractivity contribution >= 4 is 29.0 Å². The number of hydrogen-bond acceptors (Lipinski definition) is 8. The molecule has 2 amide bonds. The maximum Gasteiger partial charge on any atom is 0.408 e. The van der Waals surface area contributed by atoms with Crippen LogP contribution in [0.4, 0.5) is 13.6 Å². The third-order valence-electron chi connectivity index (χ3n) is 8.03. The Bertz CT molecular complexity index is 1450. The zero-order valence-electron chi connectivity index (χ0n) is 24.5. The van der Waals surface area contributed by atoms with Gasteiger partial charge in [0.15, 0.2) is 5.69 Å². The normalized spacial score (nSPS) is 30.0. The van der Waals surface area contributed by atoms with Crippen molar-refractivity contribution in [3.8, 4) is 5.88 Å². The summed E-state index contributed by atoms with van der Waals surface area (Å²) >= 11 is 0. The van der Waals surface area contributed by atoms with E-state index in [4.69, 9.17) is 14.2 Å². The predicted molar refractivity (Wildman–Crippen MR) is 150 cm³/mol. The molecule has 2 aliphatic heterocycles. The zero-order valence-corrected chi connectivity index (χ0v) is 24.5. The Morgan fingerprint density at radius 1 is 1.12 bits per heavy atom. The number of nitrogens with zero attached hydrogens (tertiary/aromatic N) is 3.